The van der Waals surface area contributed by atoms with Crippen molar-refractivity contribution in [3.05, 3.63) is 5.89 Å². The molecule has 1 atom stereocenters. The van der Waals surface area contributed by atoms with E-state index in [1.165, 1.54) is 51.6 Å². The first-order valence-electron chi connectivity index (χ1n) is 8.66. The molecule has 0 aromatic carbocycles. The Labute approximate surface area is 133 Å². The fourth-order valence-corrected chi connectivity index (χ4v) is 3.70. The SMILES string of the molecule is CN(C)Cc1nnc(NCC2CCN(C3CCCCC3)C2)o1. The summed E-state index contributed by atoms with van der Waals surface area (Å²) in [6.07, 6.45) is 8.35. The van der Waals surface area contributed by atoms with Crippen molar-refractivity contribution in [2.24, 2.45) is 5.92 Å². The minimum absolute atomic E-state index is 0.563. The molecule has 1 aromatic rings. The molecule has 1 saturated carbocycles. The molecule has 2 heterocycles. The van der Waals surface area contributed by atoms with E-state index in [4.69, 9.17) is 4.42 Å². The lowest BCUT2D eigenvalue weighted by Crippen LogP contribution is -2.35. The van der Waals surface area contributed by atoms with Crippen LogP contribution in [0.5, 0.6) is 0 Å². The predicted octanol–water partition coefficient (Wildman–Crippen LogP) is 2.20. The zero-order valence-electron chi connectivity index (χ0n) is 13.9. The second kappa shape index (κ2) is 7.42. The molecule has 1 aromatic heterocycles. The van der Waals surface area contributed by atoms with Crippen LogP contribution in [0, 0.1) is 5.92 Å². The average molecular weight is 307 g/mol. The van der Waals surface area contributed by atoms with Crippen molar-refractivity contribution in [2.75, 3.05) is 39.0 Å². The average Bonchev–Trinajstić information content (AvgIpc) is 3.15. The predicted molar refractivity (Wildman–Crippen MR) is 86.7 cm³/mol. The summed E-state index contributed by atoms with van der Waals surface area (Å²) < 4.78 is 5.61. The molecule has 1 N–H and O–H groups in total. The Kier molecular flexibility index (Phi) is 5.31. The quantitative estimate of drug-likeness (QED) is 0.869. The number of rotatable bonds is 6. The lowest BCUT2D eigenvalue weighted by Gasteiger charge is -2.31. The van der Waals surface area contributed by atoms with Gasteiger partial charge in [-0.25, -0.2) is 0 Å². The summed E-state index contributed by atoms with van der Waals surface area (Å²) in [4.78, 5) is 4.73. The molecule has 1 aliphatic carbocycles. The van der Waals surface area contributed by atoms with E-state index >= 15 is 0 Å². The van der Waals surface area contributed by atoms with E-state index in [1.807, 2.05) is 19.0 Å². The van der Waals surface area contributed by atoms with Crippen LogP contribution in [0.1, 0.15) is 44.4 Å². The molecule has 0 radical (unpaired) electrons. The zero-order chi connectivity index (χ0) is 15.4. The molecule has 6 heteroatoms. The maximum atomic E-state index is 5.61. The van der Waals surface area contributed by atoms with Crippen molar-refractivity contribution in [1.29, 1.82) is 0 Å². The van der Waals surface area contributed by atoms with Gasteiger partial charge in [-0.3, -0.25) is 0 Å². The number of hydrogen-bond acceptors (Lipinski definition) is 6. The van der Waals surface area contributed by atoms with E-state index in [0.29, 0.717) is 24.4 Å². The molecule has 22 heavy (non-hydrogen) atoms. The normalized spacial score (nSPS) is 24.2. The smallest absolute Gasteiger partial charge is 0.315 e. The van der Waals surface area contributed by atoms with Crippen LogP contribution in [0.3, 0.4) is 0 Å². The molecule has 0 bridgehead atoms. The molecule has 1 aliphatic heterocycles. The number of anilines is 1. The van der Waals surface area contributed by atoms with Crippen LogP contribution in [0.25, 0.3) is 0 Å². The summed E-state index contributed by atoms with van der Waals surface area (Å²) in [7, 11) is 3.99. The third-order valence-corrected chi connectivity index (χ3v) is 4.87. The van der Waals surface area contributed by atoms with Gasteiger partial charge in [0.15, 0.2) is 0 Å². The Morgan fingerprint density at radius 1 is 1.18 bits per heavy atom. The van der Waals surface area contributed by atoms with Crippen LogP contribution >= 0.6 is 0 Å². The van der Waals surface area contributed by atoms with Crippen LogP contribution < -0.4 is 5.32 Å². The molecule has 6 nitrogen and oxygen atoms in total. The number of aromatic nitrogens is 2. The monoisotopic (exact) mass is 307 g/mol. The topological polar surface area (TPSA) is 57.4 Å². The summed E-state index contributed by atoms with van der Waals surface area (Å²) >= 11 is 0. The van der Waals surface area contributed by atoms with Crippen molar-refractivity contribution in [1.82, 2.24) is 20.0 Å². The maximum Gasteiger partial charge on any atom is 0.315 e. The highest BCUT2D eigenvalue weighted by Gasteiger charge is 2.29. The minimum Gasteiger partial charge on any atom is -0.407 e. The van der Waals surface area contributed by atoms with E-state index in [9.17, 15) is 0 Å². The van der Waals surface area contributed by atoms with Crippen molar-refractivity contribution >= 4 is 6.01 Å². The van der Waals surface area contributed by atoms with Crippen LogP contribution in [0.15, 0.2) is 4.42 Å². The highest BCUT2D eigenvalue weighted by atomic mass is 16.4. The van der Waals surface area contributed by atoms with E-state index in [2.05, 4.69) is 20.4 Å². The summed E-state index contributed by atoms with van der Waals surface area (Å²) in [5, 5.41) is 11.4. The molecular formula is C16H29N5O. The molecule has 124 valence electrons. The van der Waals surface area contributed by atoms with Gasteiger partial charge in [0.05, 0.1) is 6.54 Å². The number of nitrogens with one attached hydrogen (secondary N) is 1. The standard InChI is InChI=1S/C16H29N5O/c1-20(2)12-15-18-19-16(22-15)17-10-13-8-9-21(11-13)14-6-4-3-5-7-14/h13-14H,3-12H2,1-2H3,(H,17,19). The fourth-order valence-electron chi connectivity index (χ4n) is 3.70. The van der Waals surface area contributed by atoms with Crippen LogP contribution in [-0.2, 0) is 6.54 Å². The van der Waals surface area contributed by atoms with Gasteiger partial charge in [0.2, 0.25) is 5.89 Å². The largest absolute Gasteiger partial charge is 0.407 e. The Bertz CT molecular complexity index is 455. The number of hydrogen-bond donors (Lipinski definition) is 1. The lowest BCUT2D eigenvalue weighted by atomic mass is 9.94. The van der Waals surface area contributed by atoms with Gasteiger partial charge >= 0.3 is 6.01 Å². The van der Waals surface area contributed by atoms with Crippen LogP contribution in [0.4, 0.5) is 6.01 Å². The van der Waals surface area contributed by atoms with E-state index in [0.717, 1.165) is 12.6 Å². The van der Waals surface area contributed by atoms with Gasteiger partial charge < -0.3 is 19.5 Å². The van der Waals surface area contributed by atoms with Gasteiger partial charge in [-0.2, -0.15) is 0 Å². The Morgan fingerprint density at radius 2 is 2.00 bits per heavy atom. The van der Waals surface area contributed by atoms with Crippen molar-refractivity contribution in [3.63, 3.8) is 0 Å². The van der Waals surface area contributed by atoms with Gasteiger partial charge in [-0.1, -0.05) is 24.4 Å². The van der Waals surface area contributed by atoms with E-state index < -0.39 is 0 Å². The Hall–Kier alpha value is -1.14. The molecule has 2 fully saturated rings. The Morgan fingerprint density at radius 3 is 2.77 bits per heavy atom. The van der Waals surface area contributed by atoms with Gasteiger partial charge in [0.25, 0.3) is 0 Å². The summed E-state index contributed by atoms with van der Waals surface area (Å²) in [6, 6.07) is 1.40. The fraction of sp³-hybridized carbons (Fsp3) is 0.875. The first-order chi connectivity index (χ1) is 10.7. The van der Waals surface area contributed by atoms with E-state index in [-0.39, 0.29) is 0 Å². The molecule has 0 amide bonds. The maximum absolute atomic E-state index is 5.61. The number of likely N-dealkylation sites (tertiary alicyclic amines) is 1. The summed E-state index contributed by atoms with van der Waals surface area (Å²) in [6.45, 7) is 4.10. The summed E-state index contributed by atoms with van der Waals surface area (Å²) in [5.41, 5.74) is 0. The third kappa shape index (κ3) is 4.20. The van der Waals surface area contributed by atoms with Gasteiger partial charge in [-0.05, 0) is 45.8 Å². The van der Waals surface area contributed by atoms with Crippen LogP contribution in [-0.4, -0.2) is 59.8 Å². The zero-order valence-corrected chi connectivity index (χ0v) is 13.9. The van der Waals surface area contributed by atoms with Gasteiger partial charge in [0.1, 0.15) is 0 Å². The second-order valence-electron chi connectivity index (χ2n) is 7.06. The molecule has 0 spiro atoms. The van der Waals surface area contributed by atoms with Gasteiger partial charge in [-0.15, -0.1) is 5.10 Å². The minimum atomic E-state index is 0.563. The van der Waals surface area contributed by atoms with Crippen LogP contribution in [0.2, 0.25) is 0 Å². The molecule has 3 rings (SSSR count). The Balaban J connectivity index is 1.41. The first kappa shape index (κ1) is 15.7. The first-order valence-corrected chi connectivity index (χ1v) is 8.66. The second-order valence-corrected chi connectivity index (χ2v) is 7.06. The van der Waals surface area contributed by atoms with Crippen molar-refractivity contribution < 1.29 is 4.42 Å². The molecule has 2 aliphatic rings. The molecule has 1 saturated heterocycles. The van der Waals surface area contributed by atoms with E-state index in [1.54, 1.807) is 0 Å². The highest BCUT2D eigenvalue weighted by molar-refractivity contribution is 5.17. The molecular weight excluding hydrogens is 278 g/mol. The number of nitrogens with zero attached hydrogens (tertiary/aromatic N) is 4. The third-order valence-electron chi connectivity index (χ3n) is 4.87. The lowest BCUT2D eigenvalue weighted by molar-refractivity contribution is 0.186. The van der Waals surface area contributed by atoms with Gasteiger partial charge in [0, 0.05) is 19.1 Å². The summed E-state index contributed by atoms with van der Waals surface area (Å²) in [5.74, 6) is 1.37. The van der Waals surface area contributed by atoms with Crippen molar-refractivity contribution in [2.45, 2.75) is 51.1 Å². The molecule has 1 unspecified atom stereocenters. The highest BCUT2D eigenvalue weighted by Crippen LogP contribution is 2.27. The van der Waals surface area contributed by atoms with Crippen molar-refractivity contribution in [3.8, 4) is 0 Å².